The zero-order valence-electron chi connectivity index (χ0n) is 19.2. The molecule has 1 aliphatic rings. The van der Waals surface area contributed by atoms with Crippen molar-refractivity contribution in [3.05, 3.63) is 88.5 Å². The minimum absolute atomic E-state index is 0.106. The largest absolute Gasteiger partial charge is 0.497 e. The molecule has 9 nitrogen and oxygen atoms in total. The molecule has 0 radical (unpaired) electrons. The molecule has 3 heterocycles. The van der Waals surface area contributed by atoms with Crippen molar-refractivity contribution in [1.82, 2.24) is 19.7 Å². The Labute approximate surface area is 209 Å². The van der Waals surface area contributed by atoms with E-state index in [1.54, 1.807) is 17.7 Å². The predicted octanol–water partition coefficient (Wildman–Crippen LogP) is 4.52. The van der Waals surface area contributed by atoms with E-state index in [2.05, 4.69) is 10.1 Å². The quantitative estimate of drug-likeness (QED) is 0.236. The number of ether oxygens (including phenoxy) is 3. The van der Waals surface area contributed by atoms with Gasteiger partial charge in [0.05, 0.1) is 30.3 Å². The van der Waals surface area contributed by atoms with E-state index in [9.17, 15) is 4.79 Å². The summed E-state index contributed by atoms with van der Waals surface area (Å²) in [4.78, 5) is 22.7. The normalized spacial score (nSPS) is 12.2. The van der Waals surface area contributed by atoms with Crippen molar-refractivity contribution >= 4 is 22.7 Å². The summed E-state index contributed by atoms with van der Waals surface area (Å²) in [6.45, 7) is 0.569. The van der Waals surface area contributed by atoms with Crippen molar-refractivity contribution in [2.24, 2.45) is 0 Å². The molecule has 3 aromatic carbocycles. The summed E-state index contributed by atoms with van der Waals surface area (Å²) in [6, 6.07) is 20.4. The maximum Gasteiger partial charge on any atom is 0.262 e. The van der Waals surface area contributed by atoms with Gasteiger partial charge in [-0.2, -0.15) is 4.98 Å². The van der Waals surface area contributed by atoms with Gasteiger partial charge >= 0.3 is 0 Å². The third-order valence-electron chi connectivity index (χ3n) is 5.75. The van der Waals surface area contributed by atoms with E-state index in [4.69, 9.17) is 23.7 Å². The zero-order valence-corrected chi connectivity index (χ0v) is 20.0. The Morgan fingerprint density at radius 1 is 1.00 bits per heavy atom. The number of benzene rings is 3. The van der Waals surface area contributed by atoms with Crippen LogP contribution in [0.1, 0.15) is 11.5 Å². The molecule has 0 unspecified atom stereocenters. The molecule has 10 heteroatoms. The van der Waals surface area contributed by atoms with Crippen LogP contribution >= 0.6 is 11.8 Å². The average molecular weight is 501 g/mol. The first-order valence-corrected chi connectivity index (χ1v) is 12.1. The summed E-state index contributed by atoms with van der Waals surface area (Å²) in [6.07, 6.45) is 0. The Kier molecular flexibility index (Phi) is 5.78. The van der Waals surface area contributed by atoms with E-state index in [1.165, 1.54) is 11.8 Å². The number of hydrogen-bond acceptors (Lipinski definition) is 9. The van der Waals surface area contributed by atoms with Gasteiger partial charge in [-0.3, -0.25) is 9.36 Å². The van der Waals surface area contributed by atoms with E-state index in [-0.39, 0.29) is 12.4 Å². The van der Waals surface area contributed by atoms with E-state index >= 15 is 0 Å². The fourth-order valence-corrected chi connectivity index (χ4v) is 4.74. The van der Waals surface area contributed by atoms with E-state index in [1.807, 2.05) is 60.7 Å². The van der Waals surface area contributed by atoms with Crippen LogP contribution in [0.4, 0.5) is 0 Å². The third kappa shape index (κ3) is 4.27. The molecule has 6 rings (SSSR count). The highest BCUT2D eigenvalue weighted by Crippen LogP contribution is 2.35. The highest BCUT2D eigenvalue weighted by Gasteiger charge is 2.18. The van der Waals surface area contributed by atoms with Gasteiger partial charge < -0.3 is 18.7 Å². The molecule has 0 bridgehead atoms. The second kappa shape index (κ2) is 9.38. The number of fused-ring (bicyclic) bond motifs is 2. The first-order chi connectivity index (χ1) is 17.7. The molecule has 0 atom stereocenters. The number of aromatic nitrogens is 4. The molecule has 0 N–H and O–H groups in total. The minimum atomic E-state index is -0.106. The van der Waals surface area contributed by atoms with E-state index < -0.39 is 0 Å². The molecule has 0 aliphatic carbocycles. The van der Waals surface area contributed by atoms with Crippen molar-refractivity contribution in [2.75, 3.05) is 13.9 Å². The predicted molar refractivity (Wildman–Crippen MR) is 134 cm³/mol. The van der Waals surface area contributed by atoms with Crippen LogP contribution in [0, 0.1) is 0 Å². The van der Waals surface area contributed by atoms with Gasteiger partial charge in [0.15, 0.2) is 16.7 Å². The summed E-state index contributed by atoms with van der Waals surface area (Å²) in [5, 5.41) is 5.24. The number of nitrogens with zero attached hydrogens (tertiary/aromatic N) is 4. The van der Waals surface area contributed by atoms with Crippen LogP contribution < -0.4 is 19.8 Å². The topological polar surface area (TPSA) is 102 Å². The SMILES string of the molecule is COc1ccc(Cn2c(SCc3nc(-c4ccc5c(c4)OCO5)no3)nc3ccccc3c2=O)cc1. The lowest BCUT2D eigenvalue weighted by Crippen LogP contribution is -2.24. The van der Waals surface area contributed by atoms with Gasteiger partial charge in [0, 0.05) is 5.56 Å². The van der Waals surface area contributed by atoms with Gasteiger partial charge in [-0.15, -0.1) is 0 Å². The van der Waals surface area contributed by atoms with Gasteiger partial charge in [-0.05, 0) is 48.0 Å². The number of hydrogen-bond donors (Lipinski definition) is 0. The minimum Gasteiger partial charge on any atom is -0.497 e. The lowest BCUT2D eigenvalue weighted by molar-refractivity contribution is 0.174. The standard InChI is InChI=1S/C26H20N4O5S/c1-32-18-9-6-16(7-10-18)13-30-25(31)19-4-2-3-5-20(19)27-26(30)36-14-23-28-24(29-35-23)17-8-11-21-22(12-17)34-15-33-21/h2-12H,13-15H2,1H3. The van der Waals surface area contributed by atoms with Crippen molar-refractivity contribution in [1.29, 1.82) is 0 Å². The molecule has 0 saturated carbocycles. The number of methoxy groups -OCH3 is 1. The molecular formula is C26H20N4O5S. The van der Waals surface area contributed by atoms with Crippen molar-refractivity contribution in [3.63, 3.8) is 0 Å². The van der Waals surface area contributed by atoms with Crippen molar-refractivity contribution in [2.45, 2.75) is 17.5 Å². The maximum absolute atomic E-state index is 13.4. The summed E-state index contributed by atoms with van der Waals surface area (Å²) in [5.41, 5.74) is 2.26. The van der Waals surface area contributed by atoms with E-state index in [0.29, 0.717) is 51.6 Å². The van der Waals surface area contributed by atoms with Crippen LogP contribution in [0.25, 0.3) is 22.3 Å². The average Bonchev–Trinajstić information content (AvgIpc) is 3.59. The molecule has 180 valence electrons. The summed E-state index contributed by atoms with van der Waals surface area (Å²) in [7, 11) is 1.62. The van der Waals surface area contributed by atoms with Crippen molar-refractivity contribution in [3.8, 4) is 28.6 Å². The fourth-order valence-electron chi connectivity index (χ4n) is 3.90. The van der Waals surface area contributed by atoms with E-state index in [0.717, 1.165) is 16.9 Å². The number of thioether (sulfide) groups is 1. The molecule has 0 spiro atoms. The Balaban J connectivity index is 1.28. The van der Waals surface area contributed by atoms with Crippen LogP contribution in [0.2, 0.25) is 0 Å². The third-order valence-corrected chi connectivity index (χ3v) is 6.71. The van der Waals surface area contributed by atoms with Crippen molar-refractivity contribution < 1.29 is 18.7 Å². The first-order valence-electron chi connectivity index (χ1n) is 11.2. The lowest BCUT2D eigenvalue weighted by atomic mass is 10.2. The molecule has 0 saturated heterocycles. The zero-order chi connectivity index (χ0) is 24.5. The maximum atomic E-state index is 13.4. The van der Waals surface area contributed by atoms with Crippen LogP contribution in [0.5, 0.6) is 17.2 Å². The second-order valence-corrected chi connectivity index (χ2v) is 8.96. The Morgan fingerprint density at radius 2 is 1.83 bits per heavy atom. The molecule has 36 heavy (non-hydrogen) atoms. The van der Waals surface area contributed by atoms with Gasteiger partial charge in [0.1, 0.15) is 5.75 Å². The van der Waals surface area contributed by atoms with Crippen LogP contribution in [-0.4, -0.2) is 33.6 Å². The molecule has 0 fully saturated rings. The van der Waals surface area contributed by atoms with Crippen LogP contribution in [0.3, 0.4) is 0 Å². The monoisotopic (exact) mass is 500 g/mol. The summed E-state index contributed by atoms with van der Waals surface area (Å²) >= 11 is 1.37. The highest BCUT2D eigenvalue weighted by molar-refractivity contribution is 7.98. The molecule has 5 aromatic rings. The van der Waals surface area contributed by atoms with Gasteiger partial charge in [-0.1, -0.05) is 41.2 Å². The van der Waals surface area contributed by atoms with Gasteiger partial charge in [-0.25, -0.2) is 4.98 Å². The summed E-state index contributed by atoms with van der Waals surface area (Å²) < 4.78 is 23.2. The Bertz CT molecular complexity index is 1610. The van der Waals surface area contributed by atoms with Crippen LogP contribution in [0.15, 0.2) is 81.2 Å². The molecule has 0 amide bonds. The molecule has 2 aromatic heterocycles. The first kappa shape index (κ1) is 22.2. The van der Waals surface area contributed by atoms with Crippen LogP contribution in [-0.2, 0) is 12.3 Å². The molecular weight excluding hydrogens is 480 g/mol. The lowest BCUT2D eigenvalue weighted by Gasteiger charge is -2.13. The molecule has 1 aliphatic heterocycles. The van der Waals surface area contributed by atoms with Gasteiger partial charge in [0.2, 0.25) is 18.5 Å². The van der Waals surface area contributed by atoms with Gasteiger partial charge in [0.25, 0.3) is 5.56 Å². The fraction of sp³-hybridized carbons (Fsp3) is 0.154. The summed E-state index contributed by atoms with van der Waals surface area (Å²) in [5.74, 6) is 3.32. The number of para-hydroxylation sites is 1. The Morgan fingerprint density at radius 3 is 2.69 bits per heavy atom. The number of rotatable bonds is 7. The second-order valence-electron chi connectivity index (χ2n) is 8.02. The Hall–Kier alpha value is -4.31. The highest BCUT2D eigenvalue weighted by atomic mass is 32.2. The smallest absolute Gasteiger partial charge is 0.262 e.